The Labute approximate surface area is 118 Å². The van der Waals surface area contributed by atoms with Crippen LogP contribution in [-0.2, 0) is 0 Å². The number of aromatic nitrogens is 1. The molecular formula is C15H20N2OS. The number of anilines is 1. The summed E-state index contributed by atoms with van der Waals surface area (Å²) in [7, 11) is 0. The highest BCUT2D eigenvalue weighted by atomic mass is 32.1. The second-order valence-electron chi connectivity index (χ2n) is 4.52. The van der Waals surface area contributed by atoms with Gasteiger partial charge in [-0.05, 0) is 25.5 Å². The zero-order valence-corrected chi connectivity index (χ0v) is 12.3. The molecule has 0 saturated heterocycles. The topological polar surface area (TPSA) is 48.1 Å². The van der Waals surface area contributed by atoms with Crippen molar-refractivity contribution in [2.75, 3.05) is 12.3 Å². The number of rotatable bonds is 6. The summed E-state index contributed by atoms with van der Waals surface area (Å²) in [5, 5.41) is 0.605. The van der Waals surface area contributed by atoms with E-state index in [9.17, 15) is 0 Å². The number of ether oxygens (including phenoxy) is 1. The van der Waals surface area contributed by atoms with Gasteiger partial charge in [0.25, 0.3) is 0 Å². The van der Waals surface area contributed by atoms with E-state index < -0.39 is 0 Å². The van der Waals surface area contributed by atoms with Crippen LogP contribution in [0.2, 0.25) is 0 Å². The second kappa shape index (κ2) is 6.57. The average molecular weight is 276 g/mol. The Balaban J connectivity index is 2.19. The number of nitrogens with zero attached hydrogens (tertiary/aromatic N) is 1. The molecule has 0 radical (unpaired) electrons. The van der Waals surface area contributed by atoms with Crippen LogP contribution >= 0.6 is 11.3 Å². The van der Waals surface area contributed by atoms with Gasteiger partial charge in [-0.3, -0.25) is 0 Å². The number of para-hydroxylation sites is 1. The van der Waals surface area contributed by atoms with Crippen molar-refractivity contribution in [3.05, 3.63) is 30.0 Å². The number of unbranched alkanes of at least 4 members (excludes halogenated alkanes) is 2. The van der Waals surface area contributed by atoms with E-state index in [4.69, 9.17) is 10.5 Å². The highest BCUT2D eigenvalue weighted by Crippen LogP contribution is 2.37. The molecule has 0 aliphatic carbocycles. The molecule has 0 amide bonds. The van der Waals surface area contributed by atoms with Crippen molar-refractivity contribution in [1.29, 1.82) is 0 Å². The molecule has 0 aliphatic heterocycles. The van der Waals surface area contributed by atoms with Crippen LogP contribution < -0.4 is 10.5 Å². The molecule has 2 N–H and O–H groups in total. The van der Waals surface area contributed by atoms with Gasteiger partial charge in [0.2, 0.25) is 0 Å². The zero-order valence-electron chi connectivity index (χ0n) is 11.5. The van der Waals surface area contributed by atoms with Crippen LogP contribution in [-0.4, -0.2) is 11.6 Å². The van der Waals surface area contributed by atoms with Gasteiger partial charge in [0.15, 0.2) is 5.13 Å². The summed E-state index contributed by atoms with van der Waals surface area (Å²) in [6.07, 6.45) is 3.50. The van der Waals surface area contributed by atoms with E-state index in [1.807, 2.05) is 25.1 Å². The third-order valence-corrected chi connectivity index (χ3v) is 3.97. The van der Waals surface area contributed by atoms with Crippen LogP contribution in [0.1, 0.15) is 31.9 Å². The van der Waals surface area contributed by atoms with Crippen LogP contribution in [0.5, 0.6) is 5.75 Å². The highest BCUT2D eigenvalue weighted by molar-refractivity contribution is 7.18. The van der Waals surface area contributed by atoms with E-state index in [-0.39, 0.29) is 0 Å². The first-order chi connectivity index (χ1) is 9.22. The van der Waals surface area contributed by atoms with Crippen molar-refractivity contribution in [3.63, 3.8) is 0 Å². The Morgan fingerprint density at radius 3 is 2.74 bits per heavy atom. The lowest BCUT2D eigenvalue weighted by atomic mass is 10.1. The molecular weight excluding hydrogens is 256 g/mol. The first-order valence-corrected chi connectivity index (χ1v) is 7.49. The summed E-state index contributed by atoms with van der Waals surface area (Å²) in [5.74, 6) is 0.922. The smallest absolute Gasteiger partial charge is 0.180 e. The Morgan fingerprint density at radius 1 is 1.26 bits per heavy atom. The molecule has 4 heteroatoms. The lowest BCUT2D eigenvalue weighted by Gasteiger charge is -2.10. The van der Waals surface area contributed by atoms with Gasteiger partial charge >= 0.3 is 0 Å². The monoisotopic (exact) mass is 276 g/mol. The molecule has 2 aromatic rings. The maximum atomic E-state index is 5.90. The molecule has 3 nitrogen and oxygen atoms in total. The first-order valence-electron chi connectivity index (χ1n) is 6.67. The normalized spacial score (nSPS) is 10.6. The van der Waals surface area contributed by atoms with Crippen molar-refractivity contribution in [2.45, 2.75) is 33.1 Å². The van der Waals surface area contributed by atoms with Gasteiger partial charge in [-0.1, -0.05) is 43.2 Å². The van der Waals surface area contributed by atoms with Gasteiger partial charge in [0.1, 0.15) is 5.75 Å². The summed E-state index contributed by atoms with van der Waals surface area (Å²) in [6, 6.07) is 8.09. The molecule has 1 aromatic carbocycles. The van der Waals surface area contributed by atoms with Crippen LogP contribution in [0, 0.1) is 6.92 Å². The number of thiazole rings is 1. The minimum atomic E-state index is 0.605. The summed E-state index contributed by atoms with van der Waals surface area (Å²) >= 11 is 1.51. The first kappa shape index (κ1) is 13.9. The van der Waals surface area contributed by atoms with Crippen molar-refractivity contribution < 1.29 is 4.74 Å². The Kier molecular flexibility index (Phi) is 4.80. The Morgan fingerprint density at radius 2 is 2.05 bits per heavy atom. The second-order valence-corrected chi connectivity index (χ2v) is 5.55. The minimum Gasteiger partial charge on any atom is -0.493 e. The van der Waals surface area contributed by atoms with Crippen molar-refractivity contribution in [3.8, 4) is 16.2 Å². The quantitative estimate of drug-likeness (QED) is 0.801. The summed E-state index contributed by atoms with van der Waals surface area (Å²) in [5.41, 5.74) is 7.83. The standard InChI is InChI=1S/C15H20N2OS/c1-3-4-7-10-18-13-9-6-5-8-12(13)14-11(2)17-15(16)19-14/h5-6,8-9H,3-4,7,10H2,1-2H3,(H2,16,17). The molecule has 0 aliphatic rings. The van der Waals surface area contributed by atoms with E-state index in [0.717, 1.165) is 34.9 Å². The molecule has 2 rings (SSSR count). The summed E-state index contributed by atoms with van der Waals surface area (Å²) < 4.78 is 5.90. The summed E-state index contributed by atoms with van der Waals surface area (Å²) in [4.78, 5) is 5.38. The van der Waals surface area contributed by atoms with Crippen LogP contribution in [0.15, 0.2) is 24.3 Å². The third kappa shape index (κ3) is 3.47. The fourth-order valence-electron chi connectivity index (χ4n) is 1.98. The Hall–Kier alpha value is -1.55. The Bertz CT molecular complexity index is 537. The SMILES string of the molecule is CCCCCOc1ccccc1-c1sc(N)nc1C. The van der Waals surface area contributed by atoms with E-state index in [2.05, 4.69) is 18.0 Å². The zero-order chi connectivity index (χ0) is 13.7. The van der Waals surface area contributed by atoms with Gasteiger partial charge in [0.05, 0.1) is 17.2 Å². The van der Waals surface area contributed by atoms with Gasteiger partial charge in [-0.25, -0.2) is 4.98 Å². The third-order valence-electron chi connectivity index (χ3n) is 2.95. The van der Waals surface area contributed by atoms with Crippen molar-refractivity contribution >= 4 is 16.5 Å². The molecule has 102 valence electrons. The fraction of sp³-hybridized carbons (Fsp3) is 0.400. The molecule has 1 heterocycles. The van der Waals surface area contributed by atoms with Crippen LogP contribution in [0.4, 0.5) is 5.13 Å². The lowest BCUT2D eigenvalue weighted by Crippen LogP contribution is -1.98. The van der Waals surface area contributed by atoms with Gasteiger partial charge < -0.3 is 10.5 Å². The molecule has 1 aromatic heterocycles. The largest absolute Gasteiger partial charge is 0.493 e. The lowest BCUT2D eigenvalue weighted by molar-refractivity contribution is 0.307. The van der Waals surface area contributed by atoms with Crippen LogP contribution in [0.3, 0.4) is 0 Å². The number of nitrogens with two attached hydrogens (primary N) is 1. The molecule has 19 heavy (non-hydrogen) atoms. The number of benzene rings is 1. The van der Waals surface area contributed by atoms with E-state index in [1.54, 1.807) is 0 Å². The molecule has 0 bridgehead atoms. The molecule has 0 fully saturated rings. The maximum absolute atomic E-state index is 5.90. The highest BCUT2D eigenvalue weighted by Gasteiger charge is 2.12. The molecule has 0 atom stereocenters. The van der Waals surface area contributed by atoms with Crippen LogP contribution in [0.25, 0.3) is 10.4 Å². The molecule has 0 spiro atoms. The van der Waals surface area contributed by atoms with Crippen molar-refractivity contribution in [2.24, 2.45) is 0 Å². The van der Waals surface area contributed by atoms with E-state index in [1.165, 1.54) is 24.2 Å². The molecule has 0 unspecified atom stereocenters. The van der Waals surface area contributed by atoms with Gasteiger partial charge in [0, 0.05) is 5.56 Å². The summed E-state index contributed by atoms with van der Waals surface area (Å²) in [6.45, 7) is 4.94. The van der Waals surface area contributed by atoms with Gasteiger partial charge in [-0.2, -0.15) is 0 Å². The maximum Gasteiger partial charge on any atom is 0.180 e. The van der Waals surface area contributed by atoms with Crippen molar-refractivity contribution in [1.82, 2.24) is 4.98 Å². The number of aryl methyl sites for hydroxylation is 1. The minimum absolute atomic E-state index is 0.605. The van der Waals surface area contributed by atoms with Gasteiger partial charge in [-0.15, -0.1) is 0 Å². The predicted octanol–water partition coefficient (Wildman–Crippen LogP) is 4.27. The predicted molar refractivity (Wildman–Crippen MR) is 81.7 cm³/mol. The fourth-order valence-corrected chi connectivity index (χ4v) is 2.85. The number of hydrogen-bond donors (Lipinski definition) is 1. The van der Waals surface area contributed by atoms with E-state index in [0.29, 0.717) is 5.13 Å². The molecule has 0 saturated carbocycles. The van der Waals surface area contributed by atoms with E-state index >= 15 is 0 Å². The average Bonchev–Trinajstić information content (AvgIpc) is 2.74. The number of hydrogen-bond acceptors (Lipinski definition) is 4. The number of nitrogen functional groups attached to an aromatic ring is 1.